The van der Waals surface area contributed by atoms with Gasteiger partial charge in [-0.25, -0.2) is 0 Å². The first-order valence-electron chi connectivity index (χ1n) is 3.78. The Balaban J connectivity index is 2.75. The predicted octanol–water partition coefficient (Wildman–Crippen LogP) is 2.64. The highest BCUT2D eigenvalue weighted by molar-refractivity contribution is 14.1. The lowest BCUT2D eigenvalue weighted by molar-refractivity contribution is -0.115. The van der Waals surface area contributed by atoms with Gasteiger partial charge in [0.25, 0.3) is 0 Å². The lowest BCUT2D eigenvalue weighted by Crippen LogP contribution is -2.10. The van der Waals surface area contributed by atoms with Gasteiger partial charge in [0.15, 0.2) is 0 Å². The number of benzene rings is 1. The van der Waals surface area contributed by atoms with Crippen LogP contribution in [-0.2, 0) is 4.79 Å². The van der Waals surface area contributed by atoms with Gasteiger partial charge >= 0.3 is 0 Å². The molecule has 0 fully saturated rings. The third-order valence-electron chi connectivity index (χ3n) is 1.47. The summed E-state index contributed by atoms with van der Waals surface area (Å²) in [6.45, 7) is 1.84. The third kappa shape index (κ3) is 2.48. The average Bonchev–Trinajstić information content (AvgIpc) is 2.09. The summed E-state index contributed by atoms with van der Waals surface area (Å²) in [7, 11) is 0. The van der Waals surface area contributed by atoms with Crippen LogP contribution in [0.15, 0.2) is 24.3 Å². The molecule has 0 aromatic heterocycles. The molecule has 1 rings (SSSR count). The fourth-order valence-electron chi connectivity index (χ4n) is 0.801. The summed E-state index contributed by atoms with van der Waals surface area (Å²) in [6.07, 6.45) is 0.519. The van der Waals surface area contributed by atoms with Gasteiger partial charge in [-0.3, -0.25) is 4.79 Å². The SMILES string of the molecule is CCC(=O)Nc1ccccc1I. The van der Waals surface area contributed by atoms with Crippen molar-refractivity contribution in [3.63, 3.8) is 0 Å². The molecule has 1 aromatic rings. The van der Waals surface area contributed by atoms with Crippen LogP contribution in [-0.4, -0.2) is 5.91 Å². The summed E-state index contributed by atoms with van der Waals surface area (Å²) in [5, 5.41) is 2.81. The van der Waals surface area contributed by atoms with Gasteiger partial charge in [-0.05, 0) is 34.7 Å². The average molecular weight is 275 g/mol. The van der Waals surface area contributed by atoms with E-state index in [0.29, 0.717) is 6.42 Å². The molecule has 0 aliphatic carbocycles. The smallest absolute Gasteiger partial charge is 0.224 e. The van der Waals surface area contributed by atoms with Gasteiger partial charge in [-0.1, -0.05) is 19.1 Å². The maximum atomic E-state index is 11.0. The summed E-state index contributed by atoms with van der Waals surface area (Å²) < 4.78 is 1.07. The molecule has 64 valence electrons. The van der Waals surface area contributed by atoms with E-state index in [0.717, 1.165) is 9.26 Å². The lowest BCUT2D eigenvalue weighted by atomic mass is 10.3. The van der Waals surface area contributed by atoms with Gasteiger partial charge in [-0.2, -0.15) is 0 Å². The van der Waals surface area contributed by atoms with Crippen LogP contribution in [0.2, 0.25) is 0 Å². The predicted molar refractivity (Wildman–Crippen MR) is 58.1 cm³/mol. The van der Waals surface area contributed by atoms with Crippen LogP contribution in [0, 0.1) is 3.57 Å². The van der Waals surface area contributed by atoms with Gasteiger partial charge in [0.1, 0.15) is 0 Å². The summed E-state index contributed by atoms with van der Waals surface area (Å²) in [5.41, 5.74) is 0.893. The molecule has 1 N–H and O–H groups in total. The Morgan fingerprint density at radius 3 is 2.75 bits per heavy atom. The molecule has 0 saturated heterocycles. The van der Waals surface area contributed by atoms with E-state index in [1.807, 2.05) is 31.2 Å². The monoisotopic (exact) mass is 275 g/mol. The molecule has 0 heterocycles. The minimum absolute atomic E-state index is 0.0547. The fraction of sp³-hybridized carbons (Fsp3) is 0.222. The second-order valence-corrected chi connectivity index (χ2v) is 3.54. The first kappa shape index (κ1) is 9.51. The highest BCUT2D eigenvalue weighted by atomic mass is 127. The number of halogens is 1. The van der Waals surface area contributed by atoms with Crippen LogP contribution >= 0.6 is 22.6 Å². The standard InChI is InChI=1S/C9H10INO/c1-2-9(12)11-8-6-4-3-5-7(8)10/h3-6H,2H2,1H3,(H,11,12). The molecule has 0 bridgehead atoms. The van der Waals surface area contributed by atoms with Gasteiger partial charge in [0, 0.05) is 9.99 Å². The Morgan fingerprint density at radius 2 is 2.17 bits per heavy atom. The van der Waals surface area contributed by atoms with E-state index in [1.165, 1.54) is 0 Å². The Morgan fingerprint density at radius 1 is 1.50 bits per heavy atom. The number of nitrogens with one attached hydrogen (secondary N) is 1. The van der Waals surface area contributed by atoms with Crippen molar-refractivity contribution in [2.24, 2.45) is 0 Å². The van der Waals surface area contributed by atoms with Crippen LogP contribution in [0.3, 0.4) is 0 Å². The van der Waals surface area contributed by atoms with Gasteiger partial charge < -0.3 is 5.32 Å². The van der Waals surface area contributed by atoms with Crippen LogP contribution in [0.1, 0.15) is 13.3 Å². The second kappa shape index (κ2) is 4.45. The van der Waals surface area contributed by atoms with Crippen molar-refractivity contribution in [3.05, 3.63) is 27.8 Å². The quantitative estimate of drug-likeness (QED) is 0.826. The van der Waals surface area contributed by atoms with E-state index in [9.17, 15) is 4.79 Å². The first-order chi connectivity index (χ1) is 5.74. The number of anilines is 1. The Kier molecular flexibility index (Phi) is 3.52. The van der Waals surface area contributed by atoms with Crippen molar-refractivity contribution in [1.29, 1.82) is 0 Å². The zero-order valence-electron chi connectivity index (χ0n) is 6.80. The highest BCUT2D eigenvalue weighted by Gasteiger charge is 2.00. The molecule has 0 radical (unpaired) electrons. The van der Waals surface area contributed by atoms with Crippen molar-refractivity contribution in [3.8, 4) is 0 Å². The molecule has 0 spiro atoms. The van der Waals surface area contributed by atoms with Crippen molar-refractivity contribution in [1.82, 2.24) is 0 Å². The number of carbonyl (C=O) groups is 1. The number of para-hydroxylation sites is 1. The number of carbonyl (C=O) groups excluding carboxylic acids is 1. The Bertz CT molecular complexity index is 286. The van der Waals surface area contributed by atoms with Gasteiger partial charge in [0.2, 0.25) is 5.91 Å². The molecule has 1 aromatic carbocycles. The van der Waals surface area contributed by atoms with Crippen LogP contribution in [0.4, 0.5) is 5.69 Å². The van der Waals surface area contributed by atoms with Crippen molar-refractivity contribution < 1.29 is 4.79 Å². The molecule has 0 unspecified atom stereocenters. The van der Waals surface area contributed by atoms with E-state index in [4.69, 9.17) is 0 Å². The van der Waals surface area contributed by atoms with Crippen LogP contribution in [0.5, 0.6) is 0 Å². The summed E-state index contributed by atoms with van der Waals surface area (Å²) in [5.74, 6) is 0.0547. The Hall–Kier alpha value is -0.580. The third-order valence-corrected chi connectivity index (χ3v) is 2.41. The minimum Gasteiger partial charge on any atom is -0.325 e. The van der Waals surface area contributed by atoms with Crippen LogP contribution < -0.4 is 5.32 Å². The normalized spacial score (nSPS) is 9.50. The van der Waals surface area contributed by atoms with Crippen molar-refractivity contribution in [2.45, 2.75) is 13.3 Å². The lowest BCUT2D eigenvalue weighted by Gasteiger charge is -2.04. The molecule has 3 heteroatoms. The van der Waals surface area contributed by atoms with E-state index in [2.05, 4.69) is 27.9 Å². The highest BCUT2D eigenvalue weighted by Crippen LogP contribution is 2.16. The van der Waals surface area contributed by atoms with E-state index in [1.54, 1.807) is 0 Å². The van der Waals surface area contributed by atoms with E-state index in [-0.39, 0.29) is 5.91 Å². The molecule has 0 saturated carbocycles. The molecule has 12 heavy (non-hydrogen) atoms. The zero-order chi connectivity index (χ0) is 8.97. The maximum absolute atomic E-state index is 11.0. The number of amides is 1. The summed E-state index contributed by atoms with van der Waals surface area (Å²) in [4.78, 5) is 11.0. The molecular formula is C9H10INO. The molecule has 0 aliphatic rings. The minimum atomic E-state index is 0.0547. The topological polar surface area (TPSA) is 29.1 Å². The second-order valence-electron chi connectivity index (χ2n) is 2.38. The molecular weight excluding hydrogens is 265 g/mol. The van der Waals surface area contributed by atoms with Crippen LogP contribution in [0.25, 0.3) is 0 Å². The molecule has 0 aliphatic heterocycles. The molecule has 2 nitrogen and oxygen atoms in total. The van der Waals surface area contributed by atoms with Gasteiger partial charge in [0.05, 0.1) is 5.69 Å². The first-order valence-corrected chi connectivity index (χ1v) is 4.86. The van der Waals surface area contributed by atoms with E-state index < -0.39 is 0 Å². The number of rotatable bonds is 2. The summed E-state index contributed by atoms with van der Waals surface area (Å²) >= 11 is 2.20. The largest absolute Gasteiger partial charge is 0.325 e. The van der Waals surface area contributed by atoms with Gasteiger partial charge in [-0.15, -0.1) is 0 Å². The summed E-state index contributed by atoms with van der Waals surface area (Å²) in [6, 6.07) is 7.72. The van der Waals surface area contributed by atoms with E-state index >= 15 is 0 Å². The fourth-order valence-corrected chi connectivity index (χ4v) is 1.32. The zero-order valence-corrected chi connectivity index (χ0v) is 8.96. The van der Waals surface area contributed by atoms with Crippen molar-refractivity contribution in [2.75, 3.05) is 5.32 Å². The maximum Gasteiger partial charge on any atom is 0.224 e. The Labute approximate surface area is 85.5 Å². The number of hydrogen-bond acceptors (Lipinski definition) is 1. The number of hydrogen-bond donors (Lipinski definition) is 1. The van der Waals surface area contributed by atoms with Crippen molar-refractivity contribution >= 4 is 34.2 Å². The molecule has 1 amide bonds. The molecule has 0 atom stereocenters.